The number of aromatic amines is 1. The van der Waals surface area contributed by atoms with E-state index in [2.05, 4.69) is 27.8 Å². The van der Waals surface area contributed by atoms with E-state index in [0.717, 1.165) is 35.5 Å². The number of H-pyrrole nitrogens is 1. The fraction of sp³-hybridized carbons (Fsp3) is 0.160. The van der Waals surface area contributed by atoms with E-state index in [0.29, 0.717) is 6.61 Å². The van der Waals surface area contributed by atoms with Gasteiger partial charge in [0.25, 0.3) is 0 Å². The minimum absolute atomic E-state index is 0.0631. The van der Waals surface area contributed by atoms with Crippen LogP contribution in [0.2, 0.25) is 0 Å². The predicted octanol–water partition coefficient (Wildman–Crippen LogP) is 4.52. The monoisotopic (exact) mass is 399 g/mol. The zero-order valence-electron chi connectivity index (χ0n) is 16.7. The first-order valence-corrected chi connectivity index (χ1v) is 10.1. The van der Waals surface area contributed by atoms with Crippen molar-refractivity contribution in [3.05, 3.63) is 96.2 Å². The van der Waals surface area contributed by atoms with E-state index in [1.807, 2.05) is 72.9 Å². The first-order valence-electron chi connectivity index (χ1n) is 10.1. The lowest BCUT2D eigenvalue weighted by Gasteiger charge is -2.09. The lowest BCUT2D eigenvalue weighted by Crippen LogP contribution is -2.29. The number of para-hydroxylation sites is 1. The highest BCUT2D eigenvalue weighted by molar-refractivity contribution is 5.92. The van der Waals surface area contributed by atoms with E-state index < -0.39 is 0 Å². The second-order valence-electron chi connectivity index (χ2n) is 7.13. The molecule has 0 saturated carbocycles. The van der Waals surface area contributed by atoms with Gasteiger partial charge in [-0.15, -0.1) is 0 Å². The Hall–Kier alpha value is -3.57. The summed E-state index contributed by atoms with van der Waals surface area (Å²) in [7, 11) is 0. The average Bonchev–Trinajstić information content (AvgIpc) is 3.20. The Kier molecular flexibility index (Phi) is 6.42. The van der Waals surface area contributed by atoms with Crippen LogP contribution in [0.1, 0.15) is 11.1 Å². The van der Waals surface area contributed by atoms with Gasteiger partial charge < -0.3 is 20.4 Å². The van der Waals surface area contributed by atoms with Crippen LogP contribution in [0.4, 0.5) is 5.69 Å². The van der Waals surface area contributed by atoms with E-state index in [-0.39, 0.29) is 12.5 Å². The molecule has 4 rings (SSSR count). The molecule has 0 aliphatic carbocycles. The van der Waals surface area contributed by atoms with E-state index in [1.165, 1.54) is 10.9 Å². The van der Waals surface area contributed by atoms with Crippen LogP contribution in [0.3, 0.4) is 0 Å². The molecule has 30 heavy (non-hydrogen) atoms. The minimum Gasteiger partial charge on any atom is -0.489 e. The molecule has 0 aliphatic rings. The Morgan fingerprint density at radius 3 is 2.50 bits per heavy atom. The number of benzene rings is 3. The van der Waals surface area contributed by atoms with Crippen molar-refractivity contribution in [1.29, 1.82) is 0 Å². The number of aromatic nitrogens is 1. The molecule has 0 radical (unpaired) electrons. The van der Waals surface area contributed by atoms with Gasteiger partial charge in [0.15, 0.2) is 0 Å². The minimum atomic E-state index is -0.0631. The standard InChI is InChI=1S/C25H25N3O2/c29-25(17-26-15-14-20-16-27-24-9-5-4-8-23(20)24)28-21-10-12-22(13-11-21)30-18-19-6-2-1-3-7-19/h1-13,16,26-27H,14-15,17-18H2,(H,28,29). The molecule has 0 saturated heterocycles. The number of amides is 1. The van der Waals surface area contributed by atoms with Gasteiger partial charge in [0.1, 0.15) is 12.4 Å². The van der Waals surface area contributed by atoms with Crippen molar-refractivity contribution in [2.24, 2.45) is 0 Å². The molecule has 0 bridgehead atoms. The van der Waals surface area contributed by atoms with E-state index >= 15 is 0 Å². The molecule has 0 atom stereocenters. The summed E-state index contributed by atoms with van der Waals surface area (Å²) >= 11 is 0. The van der Waals surface area contributed by atoms with E-state index in [1.54, 1.807) is 0 Å². The van der Waals surface area contributed by atoms with Gasteiger partial charge in [-0.25, -0.2) is 0 Å². The highest BCUT2D eigenvalue weighted by Gasteiger charge is 2.05. The van der Waals surface area contributed by atoms with Gasteiger partial charge in [0.05, 0.1) is 6.54 Å². The van der Waals surface area contributed by atoms with Crippen molar-refractivity contribution in [1.82, 2.24) is 10.3 Å². The summed E-state index contributed by atoms with van der Waals surface area (Å²) in [5.41, 5.74) is 4.27. The lowest BCUT2D eigenvalue weighted by molar-refractivity contribution is -0.115. The largest absolute Gasteiger partial charge is 0.489 e. The van der Waals surface area contributed by atoms with Crippen LogP contribution in [-0.4, -0.2) is 24.0 Å². The maximum atomic E-state index is 12.2. The Morgan fingerprint density at radius 2 is 1.67 bits per heavy atom. The first kappa shape index (κ1) is 19.7. The zero-order chi connectivity index (χ0) is 20.6. The Labute approximate surface area is 176 Å². The predicted molar refractivity (Wildman–Crippen MR) is 121 cm³/mol. The topological polar surface area (TPSA) is 66.2 Å². The van der Waals surface area contributed by atoms with Gasteiger partial charge in [-0.3, -0.25) is 4.79 Å². The smallest absolute Gasteiger partial charge is 0.238 e. The van der Waals surface area contributed by atoms with Gasteiger partial charge in [-0.2, -0.15) is 0 Å². The number of carbonyl (C=O) groups excluding carboxylic acids is 1. The number of carbonyl (C=O) groups is 1. The number of rotatable bonds is 9. The Balaban J connectivity index is 1.18. The van der Waals surface area contributed by atoms with E-state index in [4.69, 9.17) is 4.74 Å². The van der Waals surface area contributed by atoms with Crippen molar-refractivity contribution < 1.29 is 9.53 Å². The Bertz CT molecular complexity index is 1090. The highest BCUT2D eigenvalue weighted by atomic mass is 16.5. The van der Waals surface area contributed by atoms with Gasteiger partial charge in [-0.1, -0.05) is 48.5 Å². The number of ether oxygens (including phenoxy) is 1. The van der Waals surface area contributed by atoms with Crippen molar-refractivity contribution >= 4 is 22.5 Å². The fourth-order valence-electron chi connectivity index (χ4n) is 3.34. The van der Waals surface area contributed by atoms with Crippen LogP contribution >= 0.6 is 0 Å². The molecule has 1 aromatic heterocycles. The number of nitrogens with one attached hydrogen (secondary N) is 3. The molecule has 0 fully saturated rings. The Morgan fingerprint density at radius 1 is 0.900 bits per heavy atom. The second-order valence-corrected chi connectivity index (χ2v) is 7.13. The summed E-state index contributed by atoms with van der Waals surface area (Å²) in [6, 6.07) is 25.7. The zero-order valence-corrected chi connectivity index (χ0v) is 16.7. The van der Waals surface area contributed by atoms with Gasteiger partial charge in [0, 0.05) is 22.8 Å². The van der Waals surface area contributed by atoms with Gasteiger partial charge in [-0.05, 0) is 54.4 Å². The summed E-state index contributed by atoms with van der Waals surface area (Å²) in [6.45, 7) is 1.53. The molecular formula is C25H25N3O2. The molecule has 3 aromatic carbocycles. The summed E-state index contributed by atoms with van der Waals surface area (Å²) < 4.78 is 5.77. The molecule has 1 heterocycles. The molecule has 152 valence electrons. The number of fused-ring (bicyclic) bond motifs is 1. The summed E-state index contributed by atoms with van der Waals surface area (Å²) in [5.74, 6) is 0.709. The number of hydrogen-bond donors (Lipinski definition) is 3. The normalized spacial score (nSPS) is 10.8. The van der Waals surface area contributed by atoms with Crippen molar-refractivity contribution in [3.63, 3.8) is 0 Å². The first-order chi connectivity index (χ1) is 14.8. The molecule has 3 N–H and O–H groups in total. The molecule has 5 heteroatoms. The molecule has 5 nitrogen and oxygen atoms in total. The van der Waals surface area contributed by atoms with Crippen LogP contribution in [-0.2, 0) is 17.8 Å². The molecule has 0 spiro atoms. The number of anilines is 1. The van der Waals surface area contributed by atoms with Gasteiger partial charge >= 0.3 is 0 Å². The maximum absolute atomic E-state index is 12.2. The fourth-order valence-corrected chi connectivity index (χ4v) is 3.34. The van der Waals surface area contributed by atoms with Crippen molar-refractivity contribution in [2.75, 3.05) is 18.4 Å². The molecule has 1 amide bonds. The third-order valence-corrected chi connectivity index (χ3v) is 4.92. The summed E-state index contributed by atoms with van der Waals surface area (Å²) in [6.07, 6.45) is 2.90. The summed E-state index contributed by atoms with van der Waals surface area (Å²) in [5, 5.41) is 7.35. The van der Waals surface area contributed by atoms with Crippen LogP contribution in [0.5, 0.6) is 5.75 Å². The molecule has 0 unspecified atom stereocenters. The third-order valence-electron chi connectivity index (χ3n) is 4.92. The second kappa shape index (κ2) is 9.76. The maximum Gasteiger partial charge on any atom is 0.238 e. The summed E-state index contributed by atoms with van der Waals surface area (Å²) in [4.78, 5) is 15.4. The molecular weight excluding hydrogens is 374 g/mol. The van der Waals surface area contributed by atoms with E-state index in [9.17, 15) is 4.79 Å². The van der Waals surface area contributed by atoms with Gasteiger partial charge in [0.2, 0.25) is 5.91 Å². The molecule has 4 aromatic rings. The van der Waals surface area contributed by atoms with Crippen LogP contribution in [0.15, 0.2) is 85.1 Å². The SMILES string of the molecule is O=C(CNCCc1c[nH]c2ccccc12)Nc1ccc(OCc2ccccc2)cc1. The van der Waals surface area contributed by atoms with Crippen molar-refractivity contribution in [3.8, 4) is 5.75 Å². The van der Waals surface area contributed by atoms with Crippen LogP contribution in [0, 0.1) is 0 Å². The number of hydrogen-bond acceptors (Lipinski definition) is 3. The molecule has 0 aliphatic heterocycles. The van der Waals surface area contributed by atoms with Crippen LogP contribution < -0.4 is 15.4 Å². The highest BCUT2D eigenvalue weighted by Crippen LogP contribution is 2.18. The quantitative estimate of drug-likeness (QED) is 0.363. The lowest BCUT2D eigenvalue weighted by atomic mass is 10.1. The van der Waals surface area contributed by atoms with Crippen LogP contribution in [0.25, 0.3) is 10.9 Å². The average molecular weight is 399 g/mol. The van der Waals surface area contributed by atoms with Crippen molar-refractivity contribution in [2.45, 2.75) is 13.0 Å². The third kappa shape index (κ3) is 5.27.